The molecule has 0 spiro atoms. The van der Waals surface area contributed by atoms with Crippen LogP contribution < -0.4 is 0 Å². The van der Waals surface area contributed by atoms with Crippen LogP contribution in [-0.4, -0.2) is 63.0 Å². The summed E-state index contributed by atoms with van der Waals surface area (Å²) in [6.45, 7) is 4.11. The number of ether oxygens (including phenoxy) is 5. The number of rotatable bonds is 16. The zero-order chi connectivity index (χ0) is 38.2. The summed E-state index contributed by atoms with van der Waals surface area (Å²) in [6, 6.07) is 33.7. The Bertz CT molecular complexity index is 1880. The minimum Gasteiger partial charge on any atom is -0.464 e. The van der Waals surface area contributed by atoms with E-state index < -0.39 is 56.6 Å². The van der Waals surface area contributed by atoms with Gasteiger partial charge in [0.1, 0.15) is 24.7 Å². The van der Waals surface area contributed by atoms with Gasteiger partial charge in [-0.1, -0.05) is 124 Å². The van der Waals surface area contributed by atoms with Crippen LogP contribution in [0.25, 0.3) is 11.1 Å². The van der Waals surface area contributed by atoms with Crippen molar-refractivity contribution in [2.75, 3.05) is 26.4 Å². The molecule has 4 aromatic carbocycles. The SMILES string of the molecule is CCCCOP(=O)(OCCCC)O[C@@H]1OC2COC(c3ccccc3)O[C@H]2[C@H](C(=O)OCC2c3ccccc3-c3ccccc32)C1OC(=O)c1ccccc1. The molecule has 3 aliphatic rings. The van der Waals surface area contributed by atoms with E-state index in [4.69, 9.17) is 37.3 Å². The number of carbonyl (C=O) groups excluding carboxylic acids is 2. The number of carbonyl (C=O) groups is 2. The van der Waals surface area contributed by atoms with Gasteiger partial charge in [-0.25, -0.2) is 9.36 Å². The van der Waals surface area contributed by atoms with E-state index in [0.717, 1.165) is 40.7 Å². The molecule has 6 atom stereocenters. The van der Waals surface area contributed by atoms with Gasteiger partial charge in [-0.05, 0) is 47.2 Å². The lowest BCUT2D eigenvalue weighted by Crippen LogP contribution is -2.62. The molecule has 1 aliphatic carbocycles. The Morgan fingerprint density at radius 1 is 0.745 bits per heavy atom. The molecular weight excluding hydrogens is 723 g/mol. The molecule has 7 rings (SSSR count). The zero-order valence-corrected chi connectivity index (χ0v) is 31.9. The molecule has 0 amide bonds. The molecule has 0 aromatic heterocycles. The van der Waals surface area contributed by atoms with Crippen LogP contribution in [0.4, 0.5) is 0 Å². The molecule has 55 heavy (non-hydrogen) atoms. The number of hydrogen-bond donors (Lipinski definition) is 0. The van der Waals surface area contributed by atoms with Gasteiger partial charge >= 0.3 is 19.8 Å². The highest BCUT2D eigenvalue weighted by molar-refractivity contribution is 7.48. The van der Waals surface area contributed by atoms with E-state index in [1.807, 2.05) is 80.6 Å². The predicted octanol–water partition coefficient (Wildman–Crippen LogP) is 8.78. The average molecular weight is 771 g/mol. The van der Waals surface area contributed by atoms with E-state index >= 15 is 0 Å². The molecule has 4 aromatic rings. The Balaban J connectivity index is 1.24. The van der Waals surface area contributed by atoms with Gasteiger partial charge in [0.2, 0.25) is 6.29 Å². The van der Waals surface area contributed by atoms with Gasteiger partial charge in [-0.3, -0.25) is 18.4 Å². The van der Waals surface area contributed by atoms with Crippen LogP contribution in [-0.2, 0) is 46.6 Å². The third-order valence-electron chi connectivity index (χ3n) is 10.0. The Morgan fingerprint density at radius 2 is 1.33 bits per heavy atom. The zero-order valence-electron chi connectivity index (χ0n) is 31.0. The molecule has 2 saturated heterocycles. The Kier molecular flexibility index (Phi) is 12.9. The van der Waals surface area contributed by atoms with Gasteiger partial charge < -0.3 is 23.7 Å². The third-order valence-corrected chi connectivity index (χ3v) is 11.5. The maximum absolute atomic E-state index is 14.8. The summed E-state index contributed by atoms with van der Waals surface area (Å²) in [7, 11) is -4.32. The molecule has 2 aliphatic heterocycles. The third kappa shape index (κ3) is 8.95. The summed E-state index contributed by atoms with van der Waals surface area (Å²) in [5.41, 5.74) is 5.18. The molecule has 0 radical (unpaired) electrons. The molecule has 3 unspecified atom stereocenters. The molecule has 12 heteroatoms. The van der Waals surface area contributed by atoms with E-state index in [1.165, 1.54) is 0 Å². The lowest BCUT2D eigenvalue weighted by atomic mass is 9.87. The molecule has 0 saturated carbocycles. The lowest BCUT2D eigenvalue weighted by Gasteiger charge is -2.48. The van der Waals surface area contributed by atoms with Crippen LogP contribution >= 0.6 is 7.82 Å². The maximum atomic E-state index is 14.8. The number of esters is 2. The standard InChI is InChI=1S/C43H47O11P/c1-3-5-25-49-55(46,50-26-6-4-2)54-43-39(52-40(44)29-17-9-7-10-18-29)37(38-36(51-43)28-48-42(53-38)30-19-11-8-12-20-30)41(45)47-27-35-33-23-15-13-21-31(33)32-22-14-16-24-34(32)35/h7-24,35-39,42-43H,3-6,25-28H2,1-2H3/t36?,37-,38+,39?,42?,43-/m0/s1. The summed E-state index contributed by atoms with van der Waals surface area (Å²) >= 11 is 0. The normalized spacial score (nSPS) is 23.3. The first kappa shape index (κ1) is 39.1. The van der Waals surface area contributed by atoms with Crippen LogP contribution in [0.1, 0.15) is 78.8 Å². The van der Waals surface area contributed by atoms with Gasteiger partial charge in [0, 0.05) is 11.5 Å². The van der Waals surface area contributed by atoms with Crippen molar-refractivity contribution < 1.29 is 51.4 Å². The summed E-state index contributed by atoms with van der Waals surface area (Å²) in [5.74, 6) is -3.01. The molecule has 2 fully saturated rings. The Hall–Kier alpha value is -4.19. The second kappa shape index (κ2) is 18.2. The van der Waals surface area contributed by atoms with E-state index in [0.29, 0.717) is 12.8 Å². The second-order valence-electron chi connectivity index (χ2n) is 13.8. The van der Waals surface area contributed by atoms with Crippen molar-refractivity contribution in [1.29, 1.82) is 0 Å². The monoisotopic (exact) mass is 770 g/mol. The number of unbranched alkanes of at least 4 members (excludes halogenated alkanes) is 2. The smallest absolute Gasteiger partial charge is 0.464 e. The van der Waals surface area contributed by atoms with Crippen molar-refractivity contribution in [1.82, 2.24) is 0 Å². The van der Waals surface area contributed by atoms with E-state index in [1.54, 1.807) is 30.3 Å². The highest BCUT2D eigenvalue weighted by Crippen LogP contribution is 2.54. The molecule has 2 heterocycles. The van der Waals surface area contributed by atoms with Gasteiger partial charge in [0.05, 0.1) is 25.4 Å². The Morgan fingerprint density at radius 3 is 1.95 bits per heavy atom. The van der Waals surface area contributed by atoms with Crippen LogP contribution in [0.15, 0.2) is 109 Å². The topological polar surface area (TPSA) is 125 Å². The van der Waals surface area contributed by atoms with Gasteiger partial charge in [0.15, 0.2) is 12.4 Å². The molecular formula is C43H47O11P. The fraction of sp³-hybridized carbons (Fsp3) is 0.395. The van der Waals surface area contributed by atoms with E-state index in [9.17, 15) is 14.2 Å². The molecule has 11 nitrogen and oxygen atoms in total. The van der Waals surface area contributed by atoms with Crippen LogP contribution in [0.5, 0.6) is 0 Å². The summed E-state index contributed by atoms with van der Waals surface area (Å²) in [4.78, 5) is 28.6. The minimum atomic E-state index is -4.32. The molecule has 0 bridgehead atoms. The van der Waals surface area contributed by atoms with Crippen molar-refractivity contribution in [2.45, 2.75) is 76.3 Å². The number of benzene rings is 4. The van der Waals surface area contributed by atoms with E-state index in [2.05, 4.69) is 12.1 Å². The van der Waals surface area contributed by atoms with E-state index in [-0.39, 0.29) is 37.9 Å². The van der Waals surface area contributed by atoms with Crippen molar-refractivity contribution in [3.63, 3.8) is 0 Å². The van der Waals surface area contributed by atoms with Crippen LogP contribution in [0, 0.1) is 5.92 Å². The highest BCUT2D eigenvalue weighted by Gasteiger charge is 2.57. The van der Waals surface area contributed by atoms with Crippen LogP contribution in [0.3, 0.4) is 0 Å². The first-order valence-electron chi connectivity index (χ1n) is 19.0. The van der Waals surface area contributed by atoms with Gasteiger partial charge in [0.25, 0.3) is 0 Å². The fourth-order valence-electron chi connectivity index (χ4n) is 7.19. The number of fused-ring (bicyclic) bond motifs is 4. The first-order chi connectivity index (χ1) is 26.9. The quantitative estimate of drug-likeness (QED) is 0.0617. The summed E-state index contributed by atoms with van der Waals surface area (Å²) in [6.07, 6.45) is -3.15. The van der Waals surface area contributed by atoms with Gasteiger partial charge in [-0.15, -0.1) is 0 Å². The molecule has 0 N–H and O–H groups in total. The highest BCUT2D eigenvalue weighted by atomic mass is 31.2. The number of phosphoric acid groups is 1. The number of phosphoric ester groups is 1. The van der Waals surface area contributed by atoms with Crippen molar-refractivity contribution in [2.24, 2.45) is 5.92 Å². The maximum Gasteiger partial charge on any atom is 0.477 e. The predicted molar refractivity (Wildman–Crippen MR) is 203 cm³/mol. The first-order valence-corrected chi connectivity index (χ1v) is 20.5. The Labute approximate surface area is 321 Å². The largest absolute Gasteiger partial charge is 0.477 e. The van der Waals surface area contributed by atoms with Crippen LogP contribution in [0.2, 0.25) is 0 Å². The molecule has 290 valence electrons. The van der Waals surface area contributed by atoms with Crippen molar-refractivity contribution >= 4 is 19.8 Å². The summed E-state index contributed by atoms with van der Waals surface area (Å²) in [5, 5.41) is 0. The van der Waals surface area contributed by atoms with Crippen molar-refractivity contribution in [3.05, 3.63) is 131 Å². The summed E-state index contributed by atoms with van der Waals surface area (Å²) < 4.78 is 63.3. The minimum absolute atomic E-state index is 0.00381. The number of hydrogen-bond acceptors (Lipinski definition) is 11. The second-order valence-corrected chi connectivity index (χ2v) is 15.4. The average Bonchev–Trinajstić information content (AvgIpc) is 3.54. The lowest BCUT2D eigenvalue weighted by molar-refractivity contribution is -0.340. The van der Waals surface area contributed by atoms with Crippen molar-refractivity contribution in [3.8, 4) is 11.1 Å². The fourth-order valence-corrected chi connectivity index (χ4v) is 8.51. The van der Waals surface area contributed by atoms with Gasteiger partial charge in [-0.2, -0.15) is 0 Å².